The van der Waals surface area contributed by atoms with Gasteiger partial charge in [0.2, 0.25) is 5.95 Å². The van der Waals surface area contributed by atoms with Crippen molar-refractivity contribution in [1.29, 1.82) is 0 Å². The van der Waals surface area contributed by atoms with Crippen LogP contribution in [0.5, 0.6) is 5.75 Å². The number of aromatic nitrogens is 2. The van der Waals surface area contributed by atoms with E-state index in [9.17, 15) is 4.79 Å². The molecule has 0 spiro atoms. The summed E-state index contributed by atoms with van der Waals surface area (Å²) in [7, 11) is 1.60. The van der Waals surface area contributed by atoms with Crippen LogP contribution >= 0.6 is 0 Å². The molecule has 116 valence electrons. The summed E-state index contributed by atoms with van der Waals surface area (Å²) in [4.78, 5) is 20.2. The molecule has 0 fully saturated rings. The van der Waals surface area contributed by atoms with Gasteiger partial charge in [0.1, 0.15) is 5.75 Å². The lowest BCUT2D eigenvalue weighted by Gasteiger charge is -2.10. The number of anilines is 2. The second-order valence-electron chi connectivity index (χ2n) is 5.22. The lowest BCUT2D eigenvalue weighted by atomic mass is 10.2. The molecule has 0 bridgehead atoms. The number of benzene rings is 1. The highest BCUT2D eigenvalue weighted by Gasteiger charge is 2.08. The van der Waals surface area contributed by atoms with Crippen LogP contribution in [0, 0.1) is 5.92 Å². The van der Waals surface area contributed by atoms with E-state index in [0.29, 0.717) is 29.7 Å². The van der Waals surface area contributed by atoms with Crippen LogP contribution in [-0.4, -0.2) is 29.5 Å². The zero-order valence-corrected chi connectivity index (χ0v) is 13.0. The van der Waals surface area contributed by atoms with Gasteiger partial charge in [-0.3, -0.25) is 4.79 Å². The van der Waals surface area contributed by atoms with Crippen LogP contribution in [0.25, 0.3) is 0 Å². The second kappa shape index (κ2) is 7.40. The number of hydrogen-bond acceptors (Lipinski definition) is 5. The van der Waals surface area contributed by atoms with E-state index >= 15 is 0 Å². The largest absolute Gasteiger partial charge is 0.495 e. The molecular weight excluding hydrogens is 280 g/mol. The van der Waals surface area contributed by atoms with Gasteiger partial charge in [0.25, 0.3) is 5.91 Å². The van der Waals surface area contributed by atoms with Crippen molar-refractivity contribution in [2.75, 3.05) is 19.0 Å². The Balaban J connectivity index is 2.04. The molecule has 1 heterocycles. The first-order valence-electron chi connectivity index (χ1n) is 7.10. The Bertz CT molecular complexity index is 626. The van der Waals surface area contributed by atoms with Crippen LogP contribution in [0.15, 0.2) is 36.7 Å². The molecule has 2 N–H and O–H groups in total. The number of para-hydroxylation sites is 2. The third kappa shape index (κ3) is 4.18. The fourth-order valence-electron chi connectivity index (χ4n) is 1.78. The minimum Gasteiger partial charge on any atom is -0.495 e. The number of nitrogens with zero attached hydrogens (tertiary/aromatic N) is 2. The average Bonchev–Trinajstić information content (AvgIpc) is 2.54. The van der Waals surface area contributed by atoms with Crippen LogP contribution in [0.2, 0.25) is 0 Å². The third-order valence-corrected chi connectivity index (χ3v) is 2.94. The fourth-order valence-corrected chi connectivity index (χ4v) is 1.78. The molecule has 2 aromatic rings. The first-order valence-corrected chi connectivity index (χ1v) is 7.10. The van der Waals surface area contributed by atoms with E-state index in [1.165, 1.54) is 12.4 Å². The van der Waals surface area contributed by atoms with Crippen molar-refractivity contribution < 1.29 is 9.53 Å². The number of carbonyl (C=O) groups is 1. The maximum absolute atomic E-state index is 11.9. The van der Waals surface area contributed by atoms with Crippen molar-refractivity contribution in [3.05, 3.63) is 42.2 Å². The number of methoxy groups -OCH3 is 1. The van der Waals surface area contributed by atoms with Gasteiger partial charge in [0.15, 0.2) is 0 Å². The highest BCUT2D eigenvalue weighted by Crippen LogP contribution is 2.25. The predicted octanol–water partition coefficient (Wildman–Crippen LogP) is 2.61. The molecule has 6 nitrogen and oxygen atoms in total. The molecule has 0 unspecified atom stereocenters. The van der Waals surface area contributed by atoms with Gasteiger partial charge in [-0.25, -0.2) is 9.97 Å². The van der Waals surface area contributed by atoms with E-state index < -0.39 is 0 Å². The molecule has 1 aromatic heterocycles. The summed E-state index contributed by atoms with van der Waals surface area (Å²) >= 11 is 0. The van der Waals surface area contributed by atoms with Gasteiger partial charge >= 0.3 is 0 Å². The Morgan fingerprint density at radius 3 is 2.55 bits per heavy atom. The first-order chi connectivity index (χ1) is 10.6. The Morgan fingerprint density at radius 2 is 1.91 bits per heavy atom. The van der Waals surface area contributed by atoms with Crippen molar-refractivity contribution in [2.24, 2.45) is 5.92 Å². The molecule has 0 saturated carbocycles. The van der Waals surface area contributed by atoms with E-state index in [0.717, 1.165) is 5.69 Å². The molecule has 0 aliphatic carbocycles. The number of hydrogen-bond donors (Lipinski definition) is 2. The SMILES string of the molecule is COc1ccccc1Nc1ncc(C(=O)NCC(C)C)cn1. The molecule has 0 atom stereocenters. The zero-order valence-electron chi connectivity index (χ0n) is 13.0. The van der Waals surface area contributed by atoms with Crippen molar-refractivity contribution in [2.45, 2.75) is 13.8 Å². The van der Waals surface area contributed by atoms with Crippen LogP contribution in [-0.2, 0) is 0 Å². The lowest BCUT2D eigenvalue weighted by molar-refractivity contribution is 0.0948. The smallest absolute Gasteiger partial charge is 0.254 e. The molecule has 1 amide bonds. The van der Waals surface area contributed by atoms with Gasteiger partial charge in [-0.2, -0.15) is 0 Å². The number of rotatable bonds is 6. The van der Waals surface area contributed by atoms with Gasteiger partial charge in [0.05, 0.1) is 18.4 Å². The first kappa shape index (κ1) is 15.8. The van der Waals surface area contributed by atoms with E-state index in [-0.39, 0.29) is 5.91 Å². The molecular formula is C16H20N4O2. The van der Waals surface area contributed by atoms with Gasteiger partial charge in [-0.1, -0.05) is 26.0 Å². The Kier molecular flexibility index (Phi) is 5.30. The third-order valence-electron chi connectivity index (χ3n) is 2.94. The van der Waals surface area contributed by atoms with Crippen molar-refractivity contribution in [1.82, 2.24) is 15.3 Å². The molecule has 22 heavy (non-hydrogen) atoms. The monoisotopic (exact) mass is 300 g/mol. The second-order valence-corrected chi connectivity index (χ2v) is 5.22. The summed E-state index contributed by atoms with van der Waals surface area (Å²) in [5.74, 6) is 1.34. The highest BCUT2D eigenvalue weighted by atomic mass is 16.5. The molecule has 0 radical (unpaired) electrons. The number of carbonyl (C=O) groups excluding carboxylic acids is 1. The maximum Gasteiger partial charge on any atom is 0.254 e. The summed E-state index contributed by atoms with van der Waals surface area (Å²) in [6.45, 7) is 4.70. The summed E-state index contributed by atoms with van der Waals surface area (Å²) in [6, 6.07) is 7.48. The normalized spacial score (nSPS) is 10.4. The lowest BCUT2D eigenvalue weighted by Crippen LogP contribution is -2.27. The summed E-state index contributed by atoms with van der Waals surface area (Å²) in [6.07, 6.45) is 3.00. The van der Waals surface area contributed by atoms with Crippen molar-refractivity contribution in [3.63, 3.8) is 0 Å². The summed E-state index contributed by atoms with van der Waals surface area (Å²) in [5.41, 5.74) is 1.20. The zero-order chi connectivity index (χ0) is 15.9. The summed E-state index contributed by atoms with van der Waals surface area (Å²) in [5, 5.41) is 5.89. The van der Waals surface area contributed by atoms with Crippen LogP contribution in [0.1, 0.15) is 24.2 Å². The van der Waals surface area contributed by atoms with Crippen molar-refractivity contribution in [3.8, 4) is 5.75 Å². The molecule has 1 aromatic carbocycles. The molecule has 0 aliphatic heterocycles. The van der Waals surface area contributed by atoms with Gasteiger partial charge in [-0.15, -0.1) is 0 Å². The number of ether oxygens (including phenoxy) is 1. The molecule has 2 rings (SSSR count). The predicted molar refractivity (Wildman–Crippen MR) is 85.5 cm³/mol. The molecule has 0 saturated heterocycles. The number of amides is 1. The van der Waals surface area contributed by atoms with Crippen LogP contribution < -0.4 is 15.4 Å². The molecule has 0 aliphatic rings. The van der Waals surface area contributed by atoms with Gasteiger partial charge in [-0.05, 0) is 18.1 Å². The Labute approximate surface area is 129 Å². The quantitative estimate of drug-likeness (QED) is 0.857. The van der Waals surface area contributed by atoms with Gasteiger partial charge in [0, 0.05) is 18.9 Å². The number of nitrogens with one attached hydrogen (secondary N) is 2. The van der Waals surface area contributed by atoms with Gasteiger partial charge < -0.3 is 15.4 Å². The van der Waals surface area contributed by atoms with E-state index in [2.05, 4.69) is 20.6 Å². The standard InChI is InChI=1S/C16H20N4O2/c1-11(2)8-17-15(21)12-9-18-16(19-10-12)20-13-6-4-5-7-14(13)22-3/h4-7,9-11H,8H2,1-3H3,(H,17,21)(H,18,19,20). The van der Waals surface area contributed by atoms with Crippen LogP contribution in [0.4, 0.5) is 11.6 Å². The maximum atomic E-state index is 11.9. The average molecular weight is 300 g/mol. The summed E-state index contributed by atoms with van der Waals surface area (Å²) < 4.78 is 5.25. The fraction of sp³-hybridized carbons (Fsp3) is 0.312. The van der Waals surface area contributed by atoms with E-state index in [1.54, 1.807) is 7.11 Å². The van der Waals surface area contributed by atoms with E-state index in [4.69, 9.17) is 4.74 Å². The molecule has 6 heteroatoms. The van der Waals surface area contributed by atoms with Crippen molar-refractivity contribution >= 4 is 17.5 Å². The Morgan fingerprint density at radius 1 is 1.23 bits per heavy atom. The minimum atomic E-state index is -0.169. The highest BCUT2D eigenvalue weighted by molar-refractivity contribution is 5.93. The van der Waals surface area contributed by atoms with E-state index in [1.807, 2.05) is 38.1 Å². The minimum absolute atomic E-state index is 0.169. The topological polar surface area (TPSA) is 76.1 Å². The van der Waals surface area contributed by atoms with Crippen LogP contribution in [0.3, 0.4) is 0 Å². The Hall–Kier alpha value is -2.63.